The Morgan fingerprint density at radius 3 is 1.81 bits per heavy atom. The number of aromatic nitrogens is 1. The number of pyridine rings is 1. The zero-order valence-corrected chi connectivity index (χ0v) is 18.0. The molecule has 1 aromatic heterocycles. The third kappa shape index (κ3) is 3.51. The van der Waals surface area contributed by atoms with Crippen molar-refractivity contribution < 1.29 is 9.31 Å². The van der Waals surface area contributed by atoms with Crippen LogP contribution in [0.4, 0.5) is 5.69 Å². The molecule has 0 N–H and O–H groups in total. The van der Waals surface area contributed by atoms with Crippen LogP contribution in [-0.4, -0.2) is 23.3 Å². The van der Waals surface area contributed by atoms with E-state index in [1.54, 1.807) is 0 Å². The summed E-state index contributed by atoms with van der Waals surface area (Å²) in [5.74, 6) is 0. The Balaban J connectivity index is 2.06. The van der Waals surface area contributed by atoms with Crippen LogP contribution in [-0.2, 0) is 9.31 Å². The molecule has 2 heterocycles. The first-order valence-electron chi connectivity index (χ1n) is 10.1. The summed E-state index contributed by atoms with van der Waals surface area (Å²) < 4.78 is 12.5. The summed E-state index contributed by atoms with van der Waals surface area (Å²) >= 11 is 0. The van der Waals surface area contributed by atoms with Gasteiger partial charge in [0.05, 0.1) is 40.8 Å². The monoisotopic (exact) mass is 407 g/mol. The molecular weight excluding hydrogens is 385 g/mol. The van der Waals surface area contributed by atoms with Crippen LogP contribution in [0.25, 0.3) is 27.4 Å². The molecule has 3 aromatic rings. The van der Waals surface area contributed by atoms with E-state index >= 15 is 0 Å². The van der Waals surface area contributed by atoms with E-state index in [1.165, 1.54) is 0 Å². The van der Waals surface area contributed by atoms with Gasteiger partial charge in [-0.3, -0.25) is 4.98 Å². The lowest BCUT2D eigenvalue weighted by Crippen LogP contribution is -2.41. The van der Waals surface area contributed by atoms with E-state index < -0.39 is 18.3 Å². The zero-order valence-electron chi connectivity index (χ0n) is 18.0. The summed E-state index contributed by atoms with van der Waals surface area (Å²) in [6, 6.07) is 21.3. The molecule has 2 aromatic carbocycles. The molecule has 6 heteroatoms. The van der Waals surface area contributed by atoms with Gasteiger partial charge in [0, 0.05) is 11.0 Å². The Kier molecular flexibility index (Phi) is 5.15. The van der Waals surface area contributed by atoms with Gasteiger partial charge in [-0.15, -0.1) is 0 Å². The number of nitrogens with zero attached hydrogens (tertiary/aromatic N) is 3. The first-order chi connectivity index (χ1) is 14.8. The lowest BCUT2D eigenvalue weighted by atomic mass is 9.73. The van der Waals surface area contributed by atoms with E-state index in [0.29, 0.717) is 22.4 Å². The quantitative estimate of drug-likeness (QED) is 0.446. The first kappa shape index (κ1) is 20.8. The van der Waals surface area contributed by atoms with Gasteiger partial charge in [-0.2, -0.15) is 5.26 Å². The fourth-order valence-corrected chi connectivity index (χ4v) is 3.61. The SMILES string of the molecule is [C-]#[N+]c1c(-c2ccccc2)nc(-c2ccccc2)c(C#N)c1B1OC(C)(C)C(C)(C)O1. The minimum atomic E-state index is -0.850. The van der Waals surface area contributed by atoms with Crippen molar-refractivity contribution in [2.45, 2.75) is 38.9 Å². The van der Waals surface area contributed by atoms with Gasteiger partial charge < -0.3 is 9.31 Å². The molecule has 0 aliphatic carbocycles. The molecule has 0 unspecified atom stereocenters. The topological polar surface area (TPSA) is 59.5 Å². The van der Waals surface area contributed by atoms with Crippen molar-refractivity contribution >= 4 is 18.3 Å². The minimum Gasteiger partial charge on any atom is -0.400 e. The van der Waals surface area contributed by atoms with Gasteiger partial charge in [0.25, 0.3) is 0 Å². The number of nitriles is 1. The summed E-state index contributed by atoms with van der Waals surface area (Å²) in [4.78, 5) is 8.62. The van der Waals surface area contributed by atoms with Gasteiger partial charge >= 0.3 is 7.12 Å². The van der Waals surface area contributed by atoms with Crippen molar-refractivity contribution in [2.75, 3.05) is 0 Å². The Morgan fingerprint density at radius 2 is 1.35 bits per heavy atom. The van der Waals surface area contributed by atoms with Crippen LogP contribution in [0.5, 0.6) is 0 Å². The second-order valence-corrected chi connectivity index (χ2v) is 8.49. The third-order valence-corrected chi connectivity index (χ3v) is 6.02. The second-order valence-electron chi connectivity index (χ2n) is 8.49. The Morgan fingerprint density at radius 1 is 0.871 bits per heavy atom. The number of benzene rings is 2. The lowest BCUT2D eigenvalue weighted by Gasteiger charge is -2.32. The molecule has 0 spiro atoms. The van der Waals surface area contributed by atoms with Gasteiger partial charge in [-0.25, -0.2) is 4.85 Å². The van der Waals surface area contributed by atoms with Crippen LogP contribution in [0.15, 0.2) is 60.7 Å². The van der Waals surface area contributed by atoms with Crippen molar-refractivity contribution in [2.24, 2.45) is 0 Å². The van der Waals surface area contributed by atoms with Crippen LogP contribution in [0, 0.1) is 17.9 Å². The molecule has 0 radical (unpaired) electrons. The van der Waals surface area contributed by atoms with Crippen LogP contribution in [0.3, 0.4) is 0 Å². The van der Waals surface area contributed by atoms with Crippen LogP contribution < -0.4 is 5.46 Å². The predicted molar refractivity (Wildman–Crippen MR) is 122 cm³/mol. The summed E-state index contributed by atoms with van der Waals surface area (Å²) in [5.41, 5.74) is 2.43. The molecule has 0 bridgehead atoms. The first-order valence-corrected chi connectivity index (χ1v) is 10.1. The van der Waals surface area contributed by atoms with Crippen LogP contribution in [0.1, 0.15) is 33.3 Å². The third-order valence-electron chi connectivity index (χ3n) is 6.02. The van der Waals surface area contributed by atoms with Crippen molar-refractivity contribution in [3.8, 4) is 28.6 Å². The molecular formula is C25H22BN3O2. The van der Waals surface area contributed by atoms with E-state index in [-0.39, 0.29) is 5.69 Å². The van der Waals surface area contributed by atoms with Gasteiger partial charge in [0.2, 0.25) is 5.69 Å². The maximum atomic E-state index is 10.2. The minimum absolute atomic E-state index is 0.279. The lowest BCUT2D eigenvalue weighted by molar-refractivity contribution is 0.00578. The standard InChI is InChI=1S/C25H22BN3O2/c1-24(2)25(3,4)31-26(30-24)20-19(16-27)21(17-12-8-6-9-13-17)29-22(23(20)28-5)18-14-10-7-11-15-18/h6-15H,1-4H3. The van der Waals surface area contributed by atoms with E-state index in [1.807, 2.05) is 88.4 Å². The van der Waals surface area contributed by atoms with E-state index in [0.717, 1.165) is 11.1 Å². The molecule has 152 valence electrons. The predicted octanol–water partition coefficient (Wildman–Crippen LogP) is 5.14. The average Bonchev–Trinajstić information content (AvgIpc) is 2.99. The van der Waals surface area contributed by atoms with Crippen LogP contribution >= 0.6 is 0 Å². The summed E-state index contributed by atoms with van der Waals surface area (Å²) in [7, 11) is -0.850. The average molecular weight is 407 g/mol. The molecule has 1 fully saturated rings. The fraction of sp³-hybridized carbons (Fsp3) is 0.240. The summed E-state index contributed by atoms with van der Waals surface area (Å²) in [5, 5.41) is 10.2. The van der Waals surface area contributed by atoms with Crippen LogP contribution in [0.2, 0.25) is 0 Å². The van der Waals surface area contributed by atoms with Gasteiger partial charge in [0.1, 0.15) is 0 Å². The highest BCUT2D eigenvalue weighted by molar-refractivity contribution is 6.65. The van der Waals surface area contributed by atoms with Crippen molar-refractivity contribution in [1.29, 1.82) is 5.26 Å². The smallest absolute Gasteiger partial charge is 0.400 e. The fourth-order valence-electron chi connectivity index (χ4n) is 3.61. The molecule has 1 saturated heterocycles. The highest BCUT2D eigenvalue weighted by Crippen LogP contribution is 2.40. The van der Waals surface area contributed by atoms with Crippen molar-refractivity contribution in [3.63, 3.8) is 0 Å². The molecule has 0 atom stereocenters. The van der Waals surface area contributed by atoms with Gasteiger partial charge in [-0.1, -0.05) is 60.7 Å². The second kappa shape index (κ2) is 7.67. The van der Waals surface area contributed by atoms with Crippen molar-refractivity contribution in [3.05, 3.63) is 77.6 Å². The molecule has 1 aliphatic heterocycles. The normalized spacial score (nSPS) is 16.5. The maximum Gasteiger partial charge on any atom is 0.484 e. The highest BCUT2D eigenvalue weighted by Gasteiger charge is 2.53. The summed E-state index contributed by atoms with van der Waals surface area (Å²) in [6.07, 6.45) is 0. The largest absolute Gasteiger partial charge is 0.484 e. The van der Waals surface area contributed by atoms with E-state index in [2.05, 4.69) is 10.9 Å². The van der Waals surface area contributed by atoms with Gasteiger partial charge in [0.15, 0.2) is 0 Å². The Hall–Kier alpha value is -3.45. The summed E-state index contributed by atoms with van der Waals surface area (Å²) in [6.45, 7) is 15.8. The molecule has 1 aliphatic rings. The molecule has 0 amide bonds. The van der Waals surface area contributed by atoms with E-state index in [4.69, 9.17) is 20.9 Å². The molecule has 0 saturated carbocycles. The molecule has 31 heavy (non-hydrogen) atoms. The number of rotatable bonds is 3. The zero-order chi connectivity index (χ0) is 22.2. The van der Waals surface area contributed by atoms with Crippen molar-refractivity contribution in [1.82, 2.24) is 4.98 Å². The molecule has 5 nitrogen and oxygen atoms in total. The number of hydrogen-bond acceptors (Lipinski definition) is 4. The Bertz CT molecular complexity index is 1120. The maximum absolute atomic E-state index is 10.2. The van der Waals surface area contributed by atoms with E-state index in [9.17, 15) is 5.26 Å². The number of hydrogen-bond donors (Lipinski definition) is 0. The Labute approximate surface area is 183 Å². The molecule has 4 rings (SSSR count). The highest BCUT2D eigenvalue weighted by atomic mass is 16.7. The van der Waals surface area contributed by atoms with Gasteiger partial charge in [-0.05, 0) is 33.3 Å².